The van der Waals surface area contributed by atoms with Crippen LogP contribution in [0.2, 0.25) is 0 Å². The molecule has 5 saturated carbocycles. The number of rotatable bonds is 5. The molecule has 7 heteroatoms. The van der Waals surface area contributed by atoms with Crippen LogP contribution in [0.1, 0.15) is 103 Å². The van der Waals surface area contributed by atoms with Crippen molar-refractivity contribution in [3.05, 3.63) is 35.9 Å². The fourth-order valence-corrected chi connectivity index (χ4v) is 12.7. The van der Waals surface area contributed by atoms with Crippen molar-refractivity contribution in [2.45, 2.75) is 99.0 Å². The van der Waals surface area contributed by atoms with Crippen LogP contribution in [0.5, 0.6) is 11.5 Å². The summed E-state index contributed by atoms with van der Waals surface area (Å²) < 4.78 is 5.90. The van der Waals surface area contributed by atoms with Gasteiger partial charge < -0.3 is 25.2 Å². The number of aliphatic hydroxyl groups is 1. The first-order valence-electron chi connectivity index (χ1n) is 16.7. The molecule has 1 aromatic carbocycles. The van der Waals surface area contributed by atoms with Gasteiger partial charge in [0.2, 0.25) is 0 Å². The molecule has 242 valence electrons. The second kappa shape index (κ2) is 9.98. The highest BCUT2D eigenvalue weighted by Crippen LogP contribution is 2.79. The predicted octanol–water partition coefficient (Wildman–Crippen LogP) is 7.19. The average Bonchev–Trinajstić information content (AvgIpc) is 3.42. The molecule has 5 aliphatic carbocycles. The number of benzene rings is 1. The van der Waals surface area contributed by atoms with Crippen molar-refractivity contribution in [3.63, 3.8) is 0 Å². The molecular weight excluding hydrogens is 556 g/mol. The highest BCUT2D eigenvalue weighted by Gasteiger charge is 2.75. The number of phenolic OH excluding ortho intramolecular Hbond substituents is 2. The predicted molar refractivity (Wildman–Crippen MR) is 167 cm³/mol. The van der Waals surface area contributed by atoms with E-state index in [0.717, 1.165) is 50.5 Å². The standard InChI is InChI=1S/C37H52O7/c1-20(2)22-12-15-37(32(42)43)17-16-34(5)23(29(22)37)9-11-28-35(34,6)14-13-27-33(3,4)30(40)24(36(27,28)7)19-44-31(41)21-8-10-25(38)26(39)18-21/h8,10,18,22-24,27-30,38-40H,1,9,11-17,19H2,2-7H3,(H,42,43)/t22-,23+,24-,27-,28-,29+,30-,34+,35+,36-,37-/m0/s1. The van der Waals surface area contributed by atoms with Gasteiger partial charge >= 0.3 is 11.9 Å². The fraction of sp³-hybridized carbons (Fsp3) is 0.730. The van der Waals surface area contributed by atoms with Crippen LogP contribution in [0.15, 0.2) is 30.4 Å². The number of ether oxygens (including phenoxy) is 1. The van der Waals surface area contributed by atoms with E-state index < -0.39 is 23.5 Å². The van der Waals surface area contributed by atoms with Crippen molar-refractivity contribution in [1.82, 2.24) is 0 Å². The number of allylic oxidation sites excluding steroid dienone is 1. The van der Waals surface area contributed by atoms with Crippen LogP contribution in [0, 0.1) is 62.6 Å². The van der Waals surface area contributed by atoms with E-state index in [0.29, 0.717) is 12.3 Å². The lowest BCUT2D eigenvalue weighted by Gasteiger charge is -2.70. The minimum atomic E-state index is -0.664. The van der Waals surface area contributed by atoms with E-state index in [9.17, 15) is 30.0 Å². The smallest absolute Gasteiger partial charge is 0.338 e. The zero-order chi connectivity index (χ0) is 32.2. The van der Waals surface area contributed by atoms with Crippen molar-refractivity contribution in [3.8, 4) is 11.5 Å². The number of fused-ring (bicyclic) bond motifs is 7. The second-order valence-electron chi connectivity index (χ2n) is 16.7. The Labute approximate surface area is 262 Å². The molecule has 0 heterocycles. The lowest BCUT2D eigenvalue weighted by Crippen LogP contribution is -2.65. The maximum absolute atomic E-state index is 13.1. The molecule has 0 aliphatic heterocycles. The normalized spacial score (nSPS) is 45.4. The van der Waals surface area contributed by atoms with Crippen LogP contribution < -0.4 is 0 Å². The van der Waals surface area contributed by atoms with Crippen LogP contribution in [-0.2, 0) is 9.53 Å². The number of phenols is 2. The Morgan fingerprint density at radius 3 is 2.25 bits per heavy atom. The zero-order valence-corrected chi connectivity index (χ0v) is 27.4. The van der Waals surface area contributed by atoms with Crippen LogP contribution in [0.4, 0.5) is 0 Å². The van der Waals surface area contributed by atoms with Crippen molar-refractivity contribution in [2.75, 3.05) is 6.61 Å². The minimum absolute atomic E-state index is 0.0476. The van der Waals surface area contributed by atoms with E-state index in [1.165, 1.54) is 18.2 Å². The van der Waals surface area contributed by atoms with Crippen molar-refractivity contribution in [1.29, 1.82) is 0 Å². The molecule has 44 heavy (non-hydrogen) atoms. The number of hydrogen-bond donors (Lipinski definition) is 4. The second-order valence-corrected chi connectivity index (χ2v) is 16.7. The number of aliphatic hydroxyl groups excluding tert-OH is 1. The molecule has 5 fully saturated rings. The molecule has 7 nitrogen and oxygen atoms in total. The number of carbonyl (C=O) groups excluding carboxylic acids is 1. The Bertz CT molecular complexity index is 1380. The van der Waals surface area contributed by atoms with Gasteiger partial charge in [-0.15, -0.1) is 0 Å². The first kappa shape index (κ1) is 31.4. The van der Waals surface area contributed by atoms with Crippen LogP contribution in [0.25, 0.3) is 0 Å². The molecule has 6 rings (SSSR count). The van der Waals surface area contributed by atoms with Gasteiger partial charge in [0.05, 0.1) is 23.7 Å². The van der Waals surface area contributed by atoms with Crippen LogP contribution in [0.3, 0.4) is 0 Å². The molecule has 0 aromatic heterocycles. The van der Waals surface area contributed by atoms with Crippen molar-refractivity contribution < 1.29 is 34.8 Å². The number of aromatic hydroxyl groups is 2. The molecule has 0 saturated heterocycles. The Kier molecular flexibility index (Phi) is 7.13. The summed E-state index contributed by atoms with van der Waals surface area (Å²) >= 11 is 0. The van der Waals surface area contributed by atoms with Crippen LogP contribution in [-0.4, -0.2) is 45.1 Å². The molecule has 0 bridgehead atoms. The van der Waals surface area contributed by atoms with Gasteiger partial charge in [-0.1, -0.05) is 46.8 Å². The fourth-order valence-electron chi connectivity index (χ4n) is 12.7. The summed E-state index contributed by atoms with van der Waals surface area (Å²) in [6, 6.07) is 3.91. The lowest BCUT2D eigenvalue weighted by atomic mass is 9.34. The van der Waals surface area contributed by atoms with Gasteiger partial charge in [-0.3, -0.25) is 4.79 Å². The minimum Gasteiger partial charge on any atom is -0.504 e. The van der Waals surface area contributed by atoms with E-state index in [4.69, 9.17) is 4.74 Å². The Morgan fingerprint density at radius 2 is 1.61 bits per heavy atom. The van der Waals surface area contributed by atoms with E-state index in [2.05, 4.69) is 48.1 Å². The third-order valence-electron chi connectivity index (χ3n) is 15.1. The Hall–Kier alpha value is -2.54. The largest absolute Gasteiger partial charge is 0.504 e. The summed E-state index contributed by atoms with van der Waals surface area (Å²) in [4.78, 5) is 26.1. The first-order chi connectivity index (χ1) is 20.5. The van der Waals surface area contributed by atoms with Gasteiger partial charge in [0, 0.05) is 5.92 Å². The van der Waals surface area contributed by atoms with Crippen molar-refractivity contribution in [2.24, 2.45) is 62.6 Å². The maximum Gasteiger partial charge on any atom is 0.338 e. The van der Waals surface area contributed by atoms with E-state index in [1.54, 1.807) is 0 Å². The summed E-state index contributed by atoms with van der Waals surface area (Å²) in [6.45, 7) is 18.1. The van der Waals surface area contributed by atoms with Gasteiger partial charge in [-0.05, 0) is 128 Å². The van der Waals surface area contributed by atoms with Crippen molar-refractivity contribution >= 4 is 11.9 Å². The van der Waals surface area contributed by atoms with Gasteiger partial charge in [-0.25, -0.2) is 4.79 Å². The van der Waals surface area contributed by atoms with Gasteiger partial charge in [-0.2, -0.15) is 0 Å². The molecular formula is C37H52O7. The summed E-state index contributed by atoms with van der Waals surface area (Å²) in [7, 11) is 0. The average molecular weight is 609 g/mol. The summed E-state index contributed by atoms with van der Waals surface area (Å²) in [5, 5.41) is 42.2. The number of aliphatic carboxylic acids is 1. The quantitative estimate of drug-likeness (QED) is 0.158. The summed E-state index contributed by atoms with van der Waals surface area (Å²) in [6.07, 6.45) is 6.56. The SMILES string of the molecule is C=C(C)[C@@H]1CC[C@]2(C(=O)O)CC[C@]3(C)[C@H](CC[C@@H]4[C@@]5(C)[C@@H](COC(=O)c6ccc(O)c(O)c6)[C@H](O)C(C)(C)[C@@H]5CC[C@]43C)[C@@H]12. The summed E-state index contributed by atoms with van der Waals surface area (Å²) in [5.74, 6) is -0.977. The number of esters is 1. The molecule has 0 unspecified atom stereocenters. The Balaban J connectivity index is 1.35. The monoisotopic (exact) mass is 608 g/mol. The molecule has 0 amide bonds. The first-order valence-corrected chi connectivity index (χ1v) is 16.7. The molecule has 5 aliphatic rings. The third-order valence-corrected chi connectivity index (χ3v) is 15.1. The zero-order valence-electron chi connectivity index (χ0n) is 27.4. The number of carboxylic acids is 1. The van der Waals surface area contributed by atoms with E-state index in [-0.39, 0.29) is 74.9 Å². The summed E-state index contributed by atoms with van der Waals surface area (Å²) in [5.41, 5.74) is -0.135. The third kappa shape index (κ3) is 3.89. The highest BCUT2D eigenvalue weighted by molar-refractivity contribution is 5.90. The Morgan fingerprint density at radius 1 is 0.909 bits per heavy atom. The number of hydrogen-bond acceptors (Lipinski definition) is 6. The molecule has 0 spiro atoms. The molecule has 11 atom stereocenters. The topological polar surface area (TPSA) is 124 Å². The molecule has 0 radical (unpaired) electrons. The van der Waals surface area contributed by atoms with E-state index >= 15 is 0 Å². The van der Waals surface area contributed by atoms with Gasteiger partial charge in [0.1, 0.15) is 0 Å². The highest BCUT2D eigenvalue weighted by atomic mass is 16.5. The molecule has 4 N–H and O–H groups in total. The van der Waals surface area contributed by atoms with Gasteiger partial charge in [0.15, 0.2) is 11.5 Å². The molecule has 1 aromatic rings. The lowest BCUT2D eigenvalue weighted by molar-refractivity contribution is -0.228. The van der Waals surface area contributed by atoms with Gasteiger partial charge in [0.25, 0.3) is 0 Å². The van der Waals surface area contributed by atoms with Crippen LogP contribution >= 0.6 is 0 Å². The van der Waals surface area contributed by atoms with E-state index in [1.807, 2.05) is 0 Å². The maximum atomic E-state index is 13.1. The number of carbonyl (C=O) groups is 2. The number of carboxylic acid groups (broad SMARTS) is 1.